The van der Waals surface area contributed by atoms with Crippen molar-refractivity contribution in [1.82, 2.24) is 4.90 Å². The first-order valence-electron chi connectivity index (χ1n) is 5.23. The second kappa shape index (κ2) is 5.47. The summed E-state index contributed by atoms with van der Waals surface area (Å²) in [6.07, 6.45) is 0. The second-order valence-corrected chi connectivity index (χ2v) is 5.10. The molecule has 4 nitrogen and oxygen atoms in total. The largest absolute Gasteiger partial charge is 0.383 e. The number of hydrogen-bond acceptors (Lipinski definition) is 3. The van der Waals surface area contributed by atoms with E-state index in [1.807, 2.05) is 27.7 Å². The van der Waals surface area contributed by atoms with Gasteiger partial charge in [-0.05, 0) is 12.3 Å². The molecule has 0 aliphatic heterocycles. The molecule has 2 N–H and O–H groups in total. The van der Waals surface area contributed by atoms with E-state index in [1.54, 1.807) is 19.1 Å². The van der Waals surface area contributed by atoms with E-state index in [0.717, 1.165) is 0 Å². The molecule has 0 aliphatic rings. The third kappa shape index (κ3) is 4.18. The van der Waals surface area contributed by atoms with E-state index in [0.29, 0.717) is 6.61 Å². The van der Waals surface area contributed by atoms with Gasteiger partial charge in [0, 0.05) is 14.2 Å². The van der Waals surface area contributed by atoms with E-state index in [4.69, 9.17) is 10.5 Å². The Bertz CT molecular complexity index is 211. The van der Waals surface area contributed by atoms with Crippen molar-refractivity contribution in [2.45, 2.75) is 39.8 Å². The fraction of sp³-hybridized carbons (Fsp3) is 0.909. The van der Waals surface area contributed by atoms with E-state index >= 15 is 0 Å². The molecule has 0 saturated carbocycles. The Morgan fingerprint density at radius 2 is 1.93 bits per heavy atom. The smallest absolute Gasteiger partial charge is 0.240 e. The number of hydrogen-bond donors (Lipinski definition) is 1. The molecule has 0 saturated heterocycles. The van der Waals surface area contributed by atoms with Crippen LogP contribution in [0.4, 0.5) is 0 Å². The van der Waals surface area contributed by atoms with Crippen LogP contribution in [0.3, 0.4) is 0 Å². The molecule has 0 spiro atoms. The van der Waals surface area contributed by atoms with Crippen molar-refractivity contribution < 1.29 is 9.53 Å². The summed E-state index contributed by atoms with van der Waals surface area (Å²) in [5.41, 5.74) is 5.69. The summed E-state index contributed by atoms with van der Waals surface area (Å²) in [5, 5.41) is 0. The van der Waals surface area contributed by atoms with Gasteiger partial charge >= 0.3 is 0 Å². The van der Waals surface area contributed by atoms with E-state index < -0.39 is 6.04 Å². The van der Waals surface area contributed by atoms with Gasteiger partial charge in [-0.1, -0.05) is 20.8 Å². The van der Waals surface area contributed by atoms with Crippen molar-refractivity contribution in [2.24, 2.45) is 11.1 Å². The van der Waals surface area contributed by atoms with Crippen LogP contribution in [0.15, 0.2) is 0 Å². The minimum atomic E-state index is -0.471. The predicted molar refractivity (Wildman–Crippen MR) is 61.5 cm³/mol. The zero-order valence-corrected chi connectivity index (χ0v) is 10.7. The van der Waals surface area contributed by atoms with Gasteiger partial charge in [0.1, 0.15) is 0 Å². The van der Waals surface area contributed by atoms with Gasteiger partial charge in [-0.25, -0.2) is 0 Å². The Labute approximate surface area is 92.8 Å². The summed E-state index contributed by atoms with van der Waals surface area (Å²) in [5.74, 6) is -0.0351. The third-order valence-electron chi connectivity index (χ3n) is 2.62. The highest BCUT2D eigenvalue weighted by Crippen LogP contribution is 2.19. The van der Waals surface area contributed by atoms with Gasteiger partial charge in [0.2, 0.25) is 5.91 Å². The number of carbonyl (C=O) groups excluding carboxylic acids is 1. The molecule has 2 atom stereocenters. The molecule has 0 aromatic heterocycles. The van der Waals surface area contributed by atoms with Crippen molar-refractivity contribution in [3.8, 4) is 0 Å². The van der Waals surface area contributed by atoms with Crippen LogP contribution in [-0.2, 0) is 9.53 Å². The quantitative estimate of drug-likeness (QED) is 0.758. The van der Waals surface area contributed by atoms with Gasteiger partial charge in [0.15, 0.2) is 0 Å². The fourth-order valence-corrected chi connectivity index (χ4v) is 1.16. The Hall–Kier alpha value is -0.610. The van der Waals surface area contributed by atoms with Gasteiger partial charge in [-0.2, -0.15) is 0 Å². The Morgan fingerprint density at radius 1 is 1.47 bits per heavy atom. The lowest BCUT2D eigenvalue weighted by Crippen LogP contribution is -2.52. The zero-order valence-electron chi connectivity index (χ0n) is 10.7. The highest BCUT2D eigenvalue weighted by atomic mass is 16.5. The molecule has 0 rings (SSSR count). The minimum absolute atomic E-state index is 0.0351. The predicted octanol–water partition coefficient (Wildman–Crippen LogP) is 0.853. The van der Waals surface area contributed by atoms with Crippen LogP contribution in [0.1, 0.15) is 27.7 Å². The van der Waals surface area contributed by atoms with E-state index in [9.17, 15) is 4.79 Å². The van der Waals surface area contributed by atoms with Crippen molar-refractivity contribution in [3.63, 3.8) is 0 Å². The number of rotatable bonds is 4. The number of amides is 1. The monoisotopic (exact) mass is 216 g/mol. The Kier molecular flexibility index (Phi) is 5.24. The summed E-state index contributed by atoms with van der Waals surface area (Å²) in [4.78, 5) is 13.6. The molecule has 0 fully saturated rings. The molecule has 90 valence electrons. The number of methoxy groups -OCH3 is 1. The van der Waals surface area contributed by atoms with Gasteiger partial charge in [-0.3, -0.25) is 4.79 Å². The Morgan fingerprint density at radius 3 is 2.27 bits per heavy atom. The average molecular weight is 216 g/mol. The van der Waals surface area contributed by atoms with Crippen LogP contribution in [-0.4, -0.2) is 43.7 Å². The molecule has 15 heavy (non-hydrogen) atoms. The molecular formula is C11H24N2O2. The molecule has 1 unspecified atom stereocenters. The zero-order chi connectivity index (χ0) is 12.2. The summed E-state index contributed by atoms with van der Waals surface area (Å²) < 4.78 is 5.01. The standard InChI is InChI=1S/C11H24N2O2/c1-8(7-15-6)13(5)10(14)9(12)11(2,3)4/h8-9H,7,12H2,1-6H3/t8?,9-/m1/s1. The molecule has 0 aliphatic carbocycles. The first-order valence-corrected chi connectivity index (χ1v) is 5.23. The Balaban J connectivity index is 4.44. The molecule has 0 bridgehead atoms. The maximum atomic E-state index is 12.0. The number of likely N-dealkylation sites (N-methyl/N-ethyl adjacent to an activating group) is 1. The van der Waals surface area contributed by atoms with Crippen molar-refractivity contribution in [1.29, 1.82) is 0 Å². The van der Waals surface area contributed by atoms with Crippen molar-refractivity contribution in [3.05, 3.63) is 0 Å². The highest BCUT2D eigenvalue weighted by Gasteiger charge is 2.31. The number of nitrogens with zero attached hydrogens (tertiary/aromatic N) is 1. The van der Waals surface area contributed by atoms with Crippen LogP contribution in [0.25, 0.3) is 0 Å². The highest BCUT2D eigenvalue weighted by molar-refractivity contribution is 5.82. The maximum Gasteiger partial charge on any atom is 0.240 e. The van der Waals surface area contributed by atoms with Crippen LogP contribution in [0, 0.1) is 5.41 Å². The van der Waals surface area contributed by atoms with Gasteiger partial charge in [0.05, 0.1) is 18.7 Å². The number of ether oxygens (including phenoxy) is 1. The van der Waals surface area contributed by atoms with E-state index in [1.165, 1.54) is 0 Å². The summed E-state index contributed by atoms with van der Waals surface area (Å²) in [6.45, 7) is 8.36. The maximum absolute atomic E-state index is 12.0. The average Bonchev–Trinajstić information content (AvgIpc) is 2.13. The third-order valence-corrected chi connectivity index (χ3v) is 2.62. The molecule has 0 aromatic rings. The van der Waals surface area contributed by atoms with Crippen LogP contribution in [0.5, 0.6) is 0 Å². The van der Waals surface area contributed by atoms with Crippen LogP contribution in [0.2, 0.25) is 0 Å². The molecule has 1 amide bonds. The first-order chi connectivity index (χ1) is 6.71. The minimum Gasteiger partial charge on any atom is -0.383 e. The van der Waals surface area contributed by atoms with E-state index in [-0.39, 0.29) is 17.4 Å². The SMILES string of the molecule is COCC(C)N(C)C(=O)[C@@H](N)C(C)(C)C. The molecule has 4 heteroatoms. The van der Waals surface area contributed by atoms with Gasteiger partial charge in [-0.15, -0.1) is 0 Å². The molecule has 0 radical (unpaired) electrons. The lowest BCUT2D eigenvalue weighted by molar-refractivity contribution is -0.136. The normalized spacial score (nSPS) is 15.9. The molecule has 0 aromatic carbocycles. The number of carbonyl (C=O) groups is 1. The van der Waals surface area contributed by atoms with Crippen molar-refractivity contribution >= 4 is 5.91 Å². The fourth-order valence-electron chi connectivity index (χ4n) is 1.16. The van der Waals surface area contributed by atoms with Gasteiger partial charge < -0.3 is 15.4 Å². The van der Waals surface area contributed by atoms with Gasteiger partial charge in [0.25, 0.3) is 0 Å². The lowest BCUT2D eigenvalue weighted by Gasteiger charge is -2.32. The first kappa shape index (κ1) is 14.4. The van der Waals surface area contributed by atoms with E-state index in [2.05, 4.69) is 0 Å². The van der Waals surface area contributed by atoms with Crippen LogP contribution >= 0.6 is 0 Å². The molecular weight excluding hydrogens is 192 g/mol. The lowest BCUT2D eigenvalue weighted by atomic mass is 9.86. The topological polar surface area (TPSA) is 55.6 Å². The second-order valence-electron chi connectivity index (χ2n) is 5.10. The number of nitrogens with two attached hydrogens (primary N) is 1. The van der Waals surface area contributed by atoms with Crippen LogP contribution < -0.4 is 5.73 Å². The molecule has 0 heterocycles. The van der Waals surface area contributed by atoms with Crippen molar-refractivity contribution in [2.75, 3.05) is 20.8 Å². The summed E-state index contributed by atoms with van der Waals surface area (Å²) in [7, 11) is 3.39. The summed E-state index contributed by atoms with van der Waals surface area (Å²) in [6, 6.07) is -0.419. The summed E-state index contributed by atoms with van der Waals surface area (Å²) >= 11 is 0.